The van der Waals surface area contributed by atoms with Gasteiger partial charge in [0.1, 0.15) is 11.9 Å². The van der Waals surface area contributed by atoms with Gasteiger partial charge in [-0.05, 0) is 12.5 Å². The topological polar surface area (TPSA) is 56.1 Å². The normalized spacial score (nSPS) is 19.1. The van der Waals surface area contributed by atoms with Crippen molar-refractivity contribution in [3.05, 3.63) is 35.1 Å². The van der Waals surface area contributed by atoms with E-state index in [1.807, 2.05) is 0 Å². The van der Waals surface area contributed by atoms with E-state index in [9.17, 15) is 9.18 Å². The Labute approximate surface area is 105 Å². The van der Waals surface area contributed by atoms with Crippen molar-refractivity contribution in [2.24, 2.45) is 0 Å². The van der Waals surface area contributed by atoms with Crippen molar-refractivity contribution >= 4 is 5.91 Å². The van der Waals surface area contributed by atoms with E-state index in [0.29, 0.717) is 5.56 Å². The van der Waals surface area contributed by atoms with Crippen molar-refractivity contribution in [3.63, 3.8) is 0 Å². The summed E-state index contributed by atoms with van der Waals surface area (Å²) < 4.78 is 13.8. The Bertz CT molecular complexity index is 509. The number of likely N-dealkylation sites (tertiary alicyclic amines) is 1. The molecule has 0 bridgehead atoms. The molecule has 4 nitrogen and oxygen atoms in total. The van der Waals surface area contributed by atoms with Crippen LogP contribution in [0.3, 0.4) is 0 Å². The van der Waals surface area contributed by atoms with E-state index in [1.165, 1.54) is 6.07 Å². The van der Waals surface area contributed by atoms with Crippen molar-refractivity contribution in [1.82, 2.24) is 10.2 Å². The van der Waals surface area contributed by atoms with E-state index in [2.05, 4.69) is 5.32 Å². The highest BCUT2D eigenvalue weighted by molar-refractivity contribution is 5.83. The van der Waals surface area contributed by atoms with Crippen LogP contribution >= 0.6 is 0 Å². The SMILES string of the molecule is CN1CCC(NCc2cccc(C#N)c2F)C1=O. The lowest BCUT2D eigenvalue weighted by Crippen LogP contribution is -2.36. The Morgan fingerprint density at radius 2 is 2.39 bits per heavy atom. The summed E-state index contributed by atoms with van der Waals surface area (Å²) in [6.07, 6.45) is 0.731. The lowest BCUT2D eigenvalue weighted by atomic mass is 10.1. The predicted octanol–water partition coefficient (Wildman–Crippen LogP) is 1.02. The van der Waals surface area contributed by atoms with Crippen LogP contribution in [-0.2, 0) is 11.3 Å². The van der Waals surface area contributed by atoms with E-state index in [4.69, 9.17) is 5.26 Å². The number of rotatable bonds is 3. The summed E-state index contributed by atoms with van der Waals surface area (Å²) in [7, 11) is 1.75. The smallest absolute Gasteiger partial charge is 0.239 e. The molecule has 1 saturated heterocycles. The third-order valence-corrected chi connectivity index (χ3v) is 3.17. The number of halogens is 1. The molecule has 1 aromatic rings. The summed E-state index contributed by atoms with van der Waals surface area (Å²) in [5, 5.41) is 11.8. The lowest BCUT2D eigenvalue weighted by Gasteiger charge is -2.12. The molecule has 1 amide bonds. The molecule has 0 radical (unpaired) electrons. The number of carbonyl (C=O) groups is 1. The van der Waals surface area contributed by atoms with E-state index >= 15 is 0 Å². The maximum absolute atomic E-state index is 13.8. The number of hydrogen-bond acceptors (Lipinski definition) is 3. The van der Waals surface area contributed by atoms with Gasteiger partial charge in [-0.25, -0.2) is 4.39 Å². The van der Waals surface area contributed by atoms with Crippen LogP contribution in [0.2, 0.25) is 0 Å². The van der Waals surface area contributed by atoms with Gasteiger partial charge in [0, 0.05) is 25.7 Å². The average Bonchev–Trinajstić information content (AvgIpc) is 2.69. The molecule has 1 aliphatic rings. The summed E-state index contributed by atoms with van der Waals surface area (Å²) in [6.45, 7) is 0.975. The molecule has 1 fully saturated rings. The highest BCUT2D eigenvalue weighted by atomic mass is 19.1. The number of amides is 1. The van der Waals surface area contributed by atoms with Crippen LogP contribution in [0.15, 0.2) is 18.2 Å². The second-order valence-corrected chi connectivity index (χ2v) is 4.37. The minimum atomic E-state index is -0.508. The molecule has 94 valence electrons. The third-order valence-electron chi connectivity index (χ3n) is 3.17. The van der Waals surface area contributed by atoms with Crippen LogP contribution in [0, 0.1) is 17.1 Å². The Balaban J connectivity index is 2.03. The predicted molar refractivity (Wildman–Crippen MR) is 64.0 cm³/mol. The molecule has 1 atom stereocenters. The summed E-state index contributed by atoms with van der Waals surface area (Å²) in [5.41, 5.74) is 0.445. The molecular formula is C13H14FN3O. The van der Waals surface area contributed by atoms with Gasteiger partial charge >= 0.3 is 0 Å². The molecule has 1 aliphatic heterocycles. The first-order chi connectivity index (χ1) is 8.63. The van der Waals surface area contributed by atoms with Gasteiger partial charge in [-0.15, -0.1) is 0 Å². The fraction of sp³-hybridized carbons (Fsp3) is 0.385. The fourth-order valence-electron chi connectivity index (χ4n) is 2.05. The molecule has 1 unspecified atom stereocenters. The van der Waals surface area contributed by atoms with Crippen molar-refractivity contribution in [2.45, 2.75) is 19.0 Å². The van der Waals surface area contributed by atoms with Gasteiger partial charge in [-0.1, -0.05) is 12.1 Å². The molecule has 1 N–H and O–H groups in total. The van der Waals surface area contributed by atoms with Crippen molar-refractivity contribution < 1.29 is 9.18 Å². The molecule has 0 aliphatic carbocycles. The zero-order valence-electron chi connectivity index (χ0n) is 10.1. The van der Waals surface area contributed by atoms with Gasteiger partial charge in [-0.3, -0.25) is 4.79 Å². The van der Waals surface area contributed by atoms with Crippen LogP contribution in [0.5, 0.6) is 0 Å². The number of carbonyl (C=O) groups excluding carboxylic acids is 1. The largest absolute Gasteiger partial charge is 0.344 e. The van der Waals surface area contributed by atoms with Crippen LogP contribution in [0.4, 0.5) is 4.39 Å². The van der Waals surface area contributed by atoms with Crippen LogP contribution in [0.1, 0.15) is 17.5 Å². The first kappa shape index (κ1) is 12.5. The third kappa shape index (κ3) is 2.34. The highest BCUT2D eigenvalue weighted by Crippen LogP contribution is 2.14. The van der Waals surface area contributed by atoms with E-state index in [0.717, 1.165) is 13.0 Å². The number of benzene rings is 1. The maximum atomic E-state index is 13.8. The zero-order chi connectivity index (χ0) is 13.1. The monoisotopic (exact) mass is 247 g/mol. The van der Waals surface area contributed by atoms with Gasteiger partial charge in [0.25, 0.3) is 0 Å². The fourth-order valence-corrected chi connectivity index (χ4v) is 2.05. The molecule has 0 aromatic heterocycles. The molecule has 2 rings (SSSR count). The molecule has 0 saturated carbocycles. The maximum Gasteiger partial charge on any atom is 0.239 e. The summed E-state index contributed by atoms with van der Waals surface area (Å²) >= 11 is 0. The summed E-state index contributed by atoms with van der Waals surface area (Å²) in [6, 6.07) is 6.25. The quantitative estimate of drug-likeness (QED) is 0.867. The summed E-state index contributed by atoms with van der Waals surface area (Å²) in [5.74, 6) is -0.474. The Kier molecular flexibility index (Phi) is 3.58. The van der Waals surface area contributed by atoms with Crippen LogP contribution < -0.4 is 5.32 Å². The Morgan fingerprint density at radius 1 is 1.61 bits per heavy atom. The zero-order valence-corrected chi connectivity index (χ0v) is 10.1. The number of hydrogen-bond donors (Lipinski definition) is 1. The van der Waals surface area contributed by atoms with Gasteiger partial charge < -0.3 is 10.2 Å². The van der Waals surface area contributed by atoms with Gasteiger partial charge in [0.05, 0.1) is 11.6 Å². The minimum Gasteiger partial charge on any atom is -0.344 e. The first-order valence-corrected chi connectivity index (χ1v) is 5.79. The highest BCUT2D eigenvalue weighted by Gasteiger charge is 2.28. The number of nitrogens with zero attached hydrogens (tertiary/aromatic N) is 2. The van der Waals surface area contributed by atoms with Crippen molar-refractivity contribution in [1.29, 1.82) is 5.26 Å². The molecule has 1 aromatic carbocycles. The second-order valence-electron chi connectivity index (χ2n) is 4.37. The first-order valence-electron chi connectivity index (χ1n) is 5.79. The molecule has 5 heteroatoms. The summed E-state index contributed by atoms with van der Waals surface area (Å²) in [4.78, 5) is 13.3. The molecule has 1 heterocycles. The standard InChI is InChI=1S/C13H14FN3O/c1-17-6-5-11(13(17)18)16-8-10-4-2-3-9(7-15)12(10)14/h2-4,11,16H,5-6,8H2,1H3. The number of nitriles is 1. The Morgan fingerprint density at radius 3 is 3.00 bits per heavy atom. The number of likely N-dealkylation sites (N-methyl/N-ethyl adjacent to an activating group) is 1. The van der Waals surface area contributed by atoms with Gasteiger partial charge in [-0.2, -0.15) is 5.26 Å². The molecule has 18 heavy (non-hydrogen) atoms. The minimum absolute atomic E-state index is 0.0316. The van der Waals surface area contributed by atoms with Gasteiger partial charge in [0.15, 0.2) is 0 Å². The van der Waals surface area contributed by atoms with E-state index in [-0.39, 0.29) is 24.1 Å². The van der Waals surface area contributed by atoms with Crippen LogP contribution in [-0.4, -0.2) is 30.4 Å². The average molecular weight is 247 g/mol. The van der Waals surface area contributed by atoms with E-state index < -0.39 is 5.82 Å². The van der Waals surface area contributed by atoms with Crippen molar-refractivity contribution in [2.75, 3.05) is 13.6 Å². The van der Waals surface area contributed by atoms with Gasteiger partial charge in [0.2, 0.25) is 5.91 Å². The van der Waals surface area contributed by atoms with E-state index in [1.54, 1.807) is 30.1 Å². The Hall–Kier alpha value is -1.93. The number of nitrogens with one attached hydrogen (secondary N) is 1. The molecule has 0 spiro atoms. The lowest BCUT2D eigenvalue weighted by molar-refractivity contribution is -0.128. The second kappa shape index (κ2) is 5.15. The van der Waals surface area contributed by atoms with Crippen molar-refractivity contribution in [3.8, 4) is 6.07 Å². The molecular weight excluding hydrogens is 233 g/mol. The van der Waals surface area contributed by atoms with Crippen LogP contribution in [0.25, 0.3) is 0 Å².